The maximum absolute atomic E-state index is 12.2. The van der Waals surface area contributed by atoms with Crippen LogP contribution in [0.5, 0.6) is 28.7 Å². The molecular weight excluding hydrogens is 771 g/mol. The van der Waals surface area contributed by atoms with Crippen molar-refractivity contribution in [2.45, 2.75) is 109 Å². The van der Waals surface area contributed by atoms with Gasteiger partial charge in [-0.05, 0) is 151 Å². The van der Waals surface area contributed by atoms with Crippen molar-refractivity contribution >= 4 is 5.96 Å². The van der Waals surface area contributed by atoms with Gasteiger partial charge in [0.25, 0.3) is 0 Å². The lowest BCUT2D eigenvalue weighted by atomic mass is 9.60. The number of nitrogens with zero attached hydrogens (tertiary/aromatic N) is 1. The molecule has 61 heavy (non-hydrogen) atoms. The summed E-state index contributed by atoms with van der Waals surface area (Å²) in [4.78, 5) is 4.35. The summed E-state index contributed by atoms with van der Waals surface area (Å²) in [6, 6.07) is 11.3. The van der Waals surface area contributed by atoms with E-state index in [1.165, 1.54) is 0 Å². The summed E-state index contributed by atoms with van der Waals surface area (Å²) in [5, 5.41) is 55.0. The molecule has 0 saturated heterocycles. The number of methoxy groups -OCH3 is 1. The van der Waals surface area contributed by atoms with Gasteiger partial charge in [0.05, 0.1) is 13.2 Å². The number of hydrogen-bond acceptors (Lipinski definition) is 9. The SMILES string of the molecule is CCC1CC(C2Cc3cc(O)c(CC(C)C)cc3-c3c(OC)cc4c(c32)CC(O)C(c2ccc(O)c(OC3C5CCC(CO)C3C(CN=C(N)N)CC5)c2)O4)C=CC1CCO. The quantitative estimate of drug-likeness (QED) is 0.0522. The second-order valence-corrected chi connectivity index (χ2v) is 19.1. The van der Waals surface area contributed by atoms with E-state index in [-0.39, 0.29) is 66.5 Å². The molecule has 11 atom stereocenters. The molecule has 5 aliphatic rings. The summed E-state index contributed by atoms with van der Waals surface area (Å²) < 4.78 is 19.9. The lowest BCUT2D eigenvalue weighted by Crippen LogP contribution is -2.51. The standard InChI is InChI=1S/C50H67N3O8/c1-5-27-17-30(9-6-28(27)14-15-54)36-18-34-20-40(57)35(16-26(2)3)19-37(34)47-44(59-4)23-42-38(46(36)47)22-41(58)48(60-42)31-12-13-39(56)43(21-31)61-49-29-7-10-32(24-53-50(51)52)45(49)33(25-55)11-8-29/h6,9,12-13,19-21,23,26-30,32-33,36,41,45,48-49,54-58H,5,7-8,10-11,14-18,22,24-25H2,1-4H3,(H4,51,52,53). The molecule has 0 radical (unpaired) electrons. The zero-order chi connectivity index (χ0) is 43.1. The van der Waals surface area contributed by atoms with Crippen LogP contribution in [0, 0.1) is 47.3 Å². The van der Waals surface area contributed by atoms with Crippen molar-refractivity contribution in [3.8, 4) is 39.9 Å². The van der Waals surface area contributed by atoms with Crippen molar-refractivity contribution in [1.29, 1.82) is 0 Å². The second kappa shape index (κ2) is 18.1. The number of aliphatic hydroxyl groups excluding tert-OH is 3. The minimum Gasteiger partial charge on any atom is -0.508 e. The molecule has 9 N–H and O–H groups in total. The first kappa shape index (κ1) is 43.2. The summed E-state index contributed by atoms with van der Waals surface area (Å²) in [7, 11) is 1.69. The van der Waals surface area contributed by atoms with Crippen LogP contribution in [0.3, 0.4) is 0 Å². The van der Waals surface area contributed by atoms with Crippen molar-refractivity contribution < 1.29 is 39.7 Å². The van der Waals surface area contributed by atoms with Gasteiger partial charge < -0.3 is 51.2 Å². The Morgan fingerprint density at radius 2 is 1.72 bits per heavy atom. The molecule has 11 heteroatoms. The molecule has 1 aliphatic heterocycles. The number of aromatic hydroxyl groups is 2. The van der Waals surface area contributed by atoms with E-state index in [4.69, 9.17) is 25.7 Å². The Hall–Kier alpha value is -4.45. The summed E-state index contributed by atoms with van der Waals surface area (Å²) in [5.74, 6) is 3.85. The van der Waals surface area contributed by atoms with Crippen LogP contribution in [0.25, 0.3) is 11.1 Å². The molecule has 8 rings (SSSR count). The summed E-state index contributed by atoms with van der Waals surface area (Å²) in [6.45, 7) is 7.22. The van der Waals surface area contributed by atoms with E-state index in [1.807, 2.05) is 12.1 Å². The maximum atomic E-state index is 12.2. The van der Waals surface area contributed by atoms with Crippen LogP contribution >= 0.6 is 0 Å². The number of ether oxygens (including phenoxy) is 3. The number of rotatable bonds is 13. The molecular formula is C50H67N3O8. The zero-order valence-electron chi connectivity index (χ0n) is 36.3. The van der Waals surface area contributed by atoms with Crippen LogP contribution < -0.4 is 25.7 Å². The zero-order valence-corrected chi connectivity index (χ0v) is 36.3. The van der Waals surface area contributed by atoms with Gasteiger partial charge in [-0.15, -0.1) is 0 Å². The Labute approximate surface area is 360 Å². The molecule has 4 aliphatic carbocycles. The molecule has 1 heterocycles. The second-order valence-electron chi connectivity index (χ2n) is 19.1. The van der Waals surface area contributed by atoms with Crippen molar-refractivity contribution in [3.05, 3.63) is 76.4 Å². The predicted molar refractivity (Wildman–Crippen MR) is 237 cm³/mol. The van der Waals surface area contributed by atoms with Gasteiger partial charge in [-0.1, -0.05) is 45.4 Å². The van der Waals surface area contributed by atoms with Crippen LogP contribution in [0.15, 0.2) is 53.5 Å². The van der Waals surface area contributed by atoms with Crippen molar-refractivity contribution in [2.75, 3.05) is 26.9 Å². The van der Waals surface area contributed by atoms with Crippen molar-refractivity contribution in [3.63, 3.8) is 0 Å². The van der Waals surface area contributed by atoms with Crippen molar-refractivity contribution in [2.24, 2.45) is 63.8 Å². The van der Waals surface area contributed by atoms with E-state index in [2.05, 4.69) is 44.0 Å². The average molecular weight is 838 g/mol. The van der Waals surface area contributed by atoms with Gasteiger partial charge in [0.1, 0.15) is 29.5 Å². The number of guanidine groups is 1. The number of allylic oxidation sites excluding steroid dienone is 2. The van der Waals surface area contributed by atoms with Gasteiger partial charge in [-0.3, -0.25) is 4.99 Å². The molecule has 2 bridgehead atoms. The molecule has 3 aromatic carbocycles. The van der Waals surface area contributed by atoms with E-state index in [1.54, 1.807) is 25.3 Å². The monoisotopic (exact) mass is 837 g/mol. The topological polar surface area (TPSA) is 193 Å². The highest BCUT2D eigenvalue weighted by Crippen LogP contribution is 2.56. The lowest BCUT2D eigenvalue weighted by Gasteiger charge is -2.49. The Balaban J connectivity index is 1.17. The third kappa shape index (κ3) is 8.42. The highest BCUT2D eigenvalue weighted by molar-refractivity contribution is 5.84. The van der Waals surface area contributed by atoms with Crippen LogP contribution in [-0.2, 0) is 19.3 Å². The molecule has 2 fully saturated rings. The first-order chi connectivity index (χ1) is 29.4. The van der Waals surface area contributed by atoms with E-state index >= 15 is 0 Å². The van der Waals surface area contributed by atoms with E-state index in [0.29, 0.717) is 59.3 Å². The minimum atomic E-state index is -0.906. The Morgan fingerprint density at radius 3 is 2.43 bits per heavy atom. The molecule has 330 valence electrons. The molecule has 3 aromatic rings. The van der Waals surface area contributed by atoms with Crippen LogP contribution in [-0.4, -0.2) is 70.6 Å². The summed E-state index contributed by atoms with van der Waals surface area (Å²) >= 11 is 0. The van der Waals surface area contributed by atoms with Crippen molar-refractivity contribution in [1.82, 2.24) is 0 Å². The third-order valence-electron chi connectivity index (χ3n) is 15.0. The number of fused-ring (bicyclic) bond motifs is 7. The molecule has 11 unspecified atom stereocenters. The van der Waals surface area contributed by atoms with E-state index in [0.717, 1.165) is 91.2 Å². The highest BCUT2D eigenvalue weighted by atomic mass is 16.5. The number of phenolic OH excluding ortho intramolecular Hbond substituents is 2. The highest BCUT2D eigenvalue weighted by Gasteiger charge is 2.48. The summed E-state index contributed by atoms with van der Waals surface area (Å²) in [6.07, 6.45) is 11.0. The smallest absolute Gasteiger partial charge is 0.185 e. The maximum Gasteiger partial charge on any atom is 0.185 e. The Bertz CT molecular complexity index is 2110. The number of hydrogen-bond donors (Lipinski definition) is 7. The molecule has 11 nitrogen and oxygen atoms in total. The van der Waals surface area contributed by atoms with Crippen LogP contribution in [0.1, 0.15) is 106 Å². The molecule has 0 spiro atoms. The number of benzene rings is 3. The van der Waals surface area contributed by atoms with Gasteiger partial charge in [0.15, 0.2) is 17.5 Å². The molecule has 0 aromatic heterocycles. The van der Waals surface area contributed by atoms with Gasteiger partial charge in [-0.25, -0.2) is 0 Å². The molecule has 2 saturated carbocycles. The number of phenols is 2. The number of nitrogens with two attached hydrogens (primary N) is 2. The first-order valence-corrected chi connectivity index (χ1v) is 22.8. The minimum absolute atomic E-state index is 0.00619. The van der Waals surface area contributed by atoms with Gasteiger partial charge in [-0.2, -0.15) is 0 Å². The van der Waals surface area contributed by atoms with Gasteiger partial charge >= 0.3 is 0 Å². The molecule has 0 amide bonds. The fourth-order valence-electron chi connectivity index (χ4n) is 12.1. The fourth-order valence-corrected chi connectivity index (χ4v) is 12.1. The van der Waals surface area contributed by atoms with Gasteiger partial charge in [0, 0.05) is 49.3 Å². The normalized spacial score (nSPS) is 30.1. The van der Waals surface area contributed by atoms with Gasteiger partial charge in [0.2, 0.25) is 0 Å². The van der Waals surface area contributed by atoms with Crippen LogP contribution in [0.4, 0.5) is 0 Å². The lowest BCUT2D eigenvalue weighted by molar-refractivity contribution is -0.0712. The van der Waals surface area contributed by atoms with E-state index in [9.17, 15) is 25.5 Å². The average Bonchev–Trinajstić information content (AvgIpc) is 3.23. The largest absolute Gasteiger partial charge is 0.508 e. The Kier molecular flexibility index (Phi) is 12.8. The predicted octanol–water partition coefficient (Wildman–Crippen LogP) is 7.32. The first-order valence-electron chi connectivity index (χ1n) is 22.8. The number of aliphatic imine (C=N–C) groups is 1. The van der Waals surface area contributed by atoms with E-state index < -0.39 is 12.2 Å². The van der Waals surface area contributed by atoms with Crippen LogP contribution in [0.2, 0.25) is 0 Å². The Morgan fingerprint density at radius 1 is 0.934 bits per heavy atom. The third-order valence-corrected chi connectivity index (χ3v) is 15.0. The fraction of sp³-hybridized carbons (Fsp3) is 0.580. The summed E-state index contributed by atoms with van der Waals surface area (Å²) in [5.41, 5.74) is 18.3. The number of aliphatic hydroxyl groups is 3.